The van der Waals surface area contributed by atoms with Gasteiger partial charge in [-0.15, -0.1) is 0 Å². The Bertz CT molecular complexity index is 4340. The number of hydrogen-bond acceptors (Lipinski definition) is 59. The molecule has 0 amide bonds. The van der Waals surface area contributed by atoms with E-state index >= 15 is 0 Å². The van der Waals surface area contributed by atoms with E-state index in [0.717, 1.165) is 0 Å². The fraction of sp³-hybridized carbons (Fsp3) is 1.00. The average Bonchev–Trinajstić information content (AvgIpc) is 1.62. The third kappa shape index (κ3) is 63.6. The molecule has 570 valence electrons. The van der Waals surface area contributed by atoms with Gasteiger partial charge in [0.05, 0.1) is 33.0 Å². The van der Waals surface area contributed by atoms with Gasteiger partial charge in [0, 0.05) is 0 Å². The van der Waals surface area contributed by atoms with Gasteiger partial charge >= 0.3 is 668 Å². The molecule has 0 aromatic heterocycles. The Balaban J connectivity index is -0.000000942. The molecule has 0 N–H and O–H groups in total. The van der Waals surface area contributed by atoms with Gasteiger partial charge in [-0.25, -0.2) is 109 Å². The van der Waals surface area contributed by atoms with Gasteiger partial charge in [-0.3, -0.25) is 54.4 Å². The molecule has 109 heavy (non-hydrogen) atoms. The van der Waals surface area contributed by atoms with Crippen LogP contribution in [0.1, 0.15) is 0 Å². The van der Waals surface area contributed by atoms with Crippen molar-refractivity contribution in [2.45, 2.75) is 117 Å². The van der Waals surface area contributed by atoms with Crippen molar-refractivity contribution in [2.75, 3.05) is 33.0 Å². The minimum atomic E-state index is -6.85. The summed E-state index contributed by atoms with van der Waals surface area (Å²) in [6.45, 7) is -11.2. The molecule has 0 aliphatic carbocycles. The van der Waals surface area contributed by atoms with E-state index in [4.69, 9.17) is 33.2 Å². The fourth-order valence-electron chi connectivity index (χ4n) is 8.10. The largest absolute Gasteiger partial charge is 1.00 e. The van der Waals surface area contributed by atoms with Crippen LogP contribution in [0.25, 0.3) is 0 Å². The number of rotatable bonds is 37. The van der Waals surface area contributed by atoms with Crippen molar-refractivity contribution in [2.24, 2.45) is 0 Å². The maximum atomic E-state index is 12.6. The molecule has 0 bridgehead atoms. The third-order valence-corrected chi connectivity index (χ3v) is 16.6. The minimum Gasteiger partial charge on any atom is -0.726 e. The predicted octanol–water partition coefficient (Wildman–Crippen LogP) is -54.7. The summed E-state index contributed by atoms with van der Waals surface area (Å²) >= 11 is 0. The first kappa shape index (κ1) is 149. The van der Waals surface area contributed by atoms with Gasteiger partial charge in [0.2, 0.25) is 135 Å². The second-order valence-corrected chi connectivity index (χ2v) is 30.6. The van der Waals surface area contributed by atoms with E-state index in [1.165, 1.54) is 0 Å². The summed E-state index contributed by atoms with van der Waals surface area (Å²) in [6.07, 6.45) is -66.8. The van der Waals surface area contributed by atoms with Crippen LogP contribution in [0.5, 0.6) is 0 Å². The molecular formula is C24H29K13O59S13. The molecule has 4 heterocycles. The summed E-state index contributed by atoms with van der Waals surface area (Å²) in [5.74, 6) is 0. The van der Waals surface area contributed by atoms with E-state index in [1.54, 1.807) is 0 Å². The third-order valence-electron chi connectivity index (χ3n) is 10.7. The molecule has 59 nitrogen and oxygen atoms in total. The monoisotopic (exact) mass is 2180 g/mol. The number of hydrogen-bond donors (Lipinski definition) is 0. The normalized spacial score (nSPS) is 28.6. The standard InChI is InChI=1S/C24H42O59S13.13K/c25-84(26,27)66-3-8-13(75-88(37,38)39)16(78-91(46,47)48)19(81-94(55,56)57)22(70-8)64-1-6-11(73-24-21(83-96(61,62)63)18(80-93(52,53)54)15(77-90(43,44)45)10(72-24)5-68-86(31,32)33)12(74-87(34,35)36)7(69-6)2-65-23-20(82-95(58,59)60)17(79-92(49,50)51)14(76-89(40,41)42)9(71-23)4-67-85(28,29)30;;;;;;;;;;;;;/h6-24H,1-5H2,(H,25,26,27)(H,28,29,30)(H,31,32,33)(H,34,35,36)(H,37,38,39)(H,40,41,42)(H,43,44,45)(H,46,47,48)(H,49,50,51)(H,52,53,54)(H,55,56,57)(H,58,59,60)(H,61,62,63);;;;;;;;;;;;;/q;13*+1/p-13/t6-,7-,8-,9-,10-,11-,12-,13-,14-,15-,16+,17+,18+,19-,20-,21-,22-,23-,24+;;;;;;;;;;;;;/m1............./s1. The SMILES string of the molecule is O=S(=O)([O-])OC[C@H]1O[C@@H](OC[C@H]2O[C@H](CO[C@@H]3O[C@H](COS(=O)(=O)[O-])[C@@H](OS(=O)(=O)[O-])[C@H](OS(=O)(=O)[O-])[C@H]3OS(=O)(=O)[O-])[C@@H](OS(=O)(=O)[O-])[C@@H]2O[C@@H]2O[C@H](COS(=O)(=O)[O-])[C@@H](OS(=O)(=O)[O-])[C@H](OS(=O)(=O)[O-])[C@H]2OS(=O)(=O)[O-])[C@H](OS(=O)(=O)[O-])[C@@H](OS(=O)(=O)[O-])[C@@H]1OS(=O)(=O)[O-].[K+].[K+].[K+].[K+].[K+].[K+].[K+].[K+].[K+].[K+].[K+].[K+].[K+]. The van der Waals surface area contributed by atoms with Crippen LogP contribution in [0, 0.1) is 0 Å². The fourth-order valence-corrected chi connectivity index (χ4v) is 13.9. The molecule has 0 radical (unpaired) electrons. The number of ether oxygens (including phenoxy) is 7. The van der Waals surface area contributed by atoms with E-state index in [0.29, 0.717) is 0 Å². The van der Waals surface area contributed by atoms with Crippen molar-refractivity contribution in [3.8, 4) is 0 Å². The summed E-state index contributed by atoms with van der Waals surface area (Å²) in [5, 5.41) is 0. The maximum absolute atomic E-state index is 12.6. The van der Waals surface area contributed by atoms with Crippen LogP contribution >= 0.6 is 0 Å². The van der Waals surface area contributed by atoms with Crippen LogP contribution in [0.3, 0.4) is 0 Å². The quantitative estimate of drug-likeness (QED) is 0.0317. The van der Waals surface area contributed by atoms with Crippen molar-refractivity contribution in [3.05, 3.63) is 0 Å². The topological polar surface area (TPSA) is 928 Å². The van der Waals surface area contributed by atoms with Crippen molar-refractivity contribution in [1.29, 1.82) is 0 Å². The van der Waals surface area contributed by atoms with Crippen molar-refractivity contribution in [3.63, 3.8) is 0 Å². The Labute approximate surface area is 1170 Å². The van der Waals surface area contributed by atoms with Crippen molar-refractivity contribution in [1.82, 2.24) is 0 Å². The van der Waals surface area contributed by atoms with Gasteiger partial charge in [0.1, 0.15) is 79.4 Å². The smallest absolute Gasteiger partial charge is 0.726 e. The Morgan fingerprint density at radius 2 is 0.339 bits per heavy atom. The predicted molar refractivity (Wildman–Crippen MR) is 244 cm³/mol. The van der Waals surface area contributed by atoms with Crippen LogP contribution < -0.4 is 668 Å². The van der Waals surface area contributed by atoms with E-state index in [2.05, 4.69) is 54.4 Å². The first-order chi connectivity index (χ1) is 42.6. The molecule has 4 saturated heterocycles. The van der Waals surface area contributed by atoms with Gasteiger partial charge in [0.15, 0.2) is 37.2 Å². The van der Waals surface area contributed by atoms with Crippen molar-refractivity contribution >= 4 is 135 Å². The Hall–Kier alpha value is 19.3. The Kier molecular flexibility index (Phi) is 86.1. The molecule has 4 fully saturated rings. The molecule has 0 aromatic rings. The van der Waals surface area contributed by atoms with E-state index in [-0.39, 0.29) is 668 Å². The Morgan fingerprint density at radius 1 is 0.183 bits per heavy atom. The molecule has 4 aliphatic rings. The maximum Gasteiger partial charge on any atom is 1.00 e. The van der Waals surface area contributed by atoms with E-state index in [1.807, 2.05) is 0 Å². The minimum absolute atomic E-state index is 0. The van der Waals surface area contributed by atoms with Gasteiger partial charge in [-0.1, -0.05) is 0 Å². The first-order valence-corrected chi connectivity index (χ1v) is 39.7. The molecule has 0 unspecified atom stereocenters. The molecule has 4 rings (SSSR count). The van der Waals surface area contributed by atoms with Gasteiger partial charge in [-0.05, 0) is 0 Å². The summed E-state index contributed by atoms with van der Waals surface area (Å²) in [7, 11) is -85.8. The van der Waals surface area contributed by atoms with Crippen molar-refractivity contribution < 1.29 is 924 Å². The van der Waals surface area contributed by atoms with E-state index in [9.17, 15) is 169 Å². The zero-order chi connectivity index (χ0) is 74.1. The van der Waals surface area contributed by atoms with Crippen LogP contribution in [0.4, 0.5) is 0 Å². The second kappa shape index (κ2) is 63.2. The zero-order valence-corrected chi connectivity index (χ0v) is 108. The first-order valence-electron chi connectivity index (χ1n) is 22.3. The molecule has 0 aromatic carbocycles. The summed E-state index contributed by atoms with van der Waals surface area (Å²) in [5.41, 5.74) is 0. The van der Waals surface area contributed by atoms with Crippen LogP contribution in [0.15, 0.2) is 0 Å². The average molecular weight is 2190 g/mol. The second-order valence-electron chi connectivity index (χ2n) is 17.4. The Morgan fingerprint density at radius 3 is 0.541 bits per heavy atom. The summed E-state index contributed by atoms with van der Waals surface area (Å²) in [4.78, 5) is 0. The van der Waals surface area contributed by atoms with Gasteiger partial charge in [-0.2, -0.15) is 0 Å². The summed E-state index contributed by atoms with van der Waals surface area (Å²) in [6, 6.07) is 0. The molecule has 85 heteroatoms. The summed E-state index contributed by atoms with van der Waals surface area (Å²) < 4.78 is 552. The van der Waals surface area contributed by atoms with Gasteiger partial charge < -0.3 is 92.3 Å². The molecule has 19 atom stereocenters. The van der Waals surface area contributed by atoms with Crippen LogP contribution in [-0.2, 0) is 223 Å². The molecule has 0 saturated carbocycles. The molecular weight excluding hydrogens is 2160 g/mol. The molecule has 4 aliphatic heterocycles. The van der Waals surface area contributed by atoms with Crippen LogP contribution in [0.2, 0.25) is 0 Å². The zero-order valence-electron chi connectivity index (χ0n) is 56.9. The van der Waals surface area contributed by atoms with Crippen LogP contribution in [-0.4, -0.2) is 318 Å². The van der Waals surface area contributed by atoms with E-state index < -0.39 is 285 Å². The molecule has 0 spiro atoms. The van der Waals surface area contributed by atoms with Gasteiger partial charge in [0.25, 0.3) is 0 Å².